The molecule has 0 aliphatic carbocycles. The van der Waals surface area contributed by atoms with Gasteiger partial charge in [0.25, 0.3) is 0 Å². The van der Waals surface area contributed by atoms with Crippen LogP contribution in [0.1, 0.15) is 11.1 Å². The maximum atomic E-state index is 5.98. The Balaban J connectivity index is 1.73. The van der Waals surface area contributed by atoms with Gasteiger partial charge in [-0.25, -0.2) is 0 Å². The summed E-state index contributed by atoms with van der Waals surface area (Å²) in [4.78, 5) is 9.28. The molecule has 2 N–H and O–H groups in total. The van der Waals surface area contributed by atoms with E-state index < -0.39 is 0 Å². The van der Waals surface area contributed by atoms with Crippen molar-refractivity contribution in [3.63, 3.8) is 0 Å². The first kappa shape index (κ1) is 17.3. The normalized spacial score (nSPS) is 11.0. The molecule has 2 aromatic carbocycles. The van der Waals surface area contributed by atoms with Gasteiger partial charge in [0.05, 0.1) is 11.6 Å². The van der Waals surface area contributed by atoms with Crippen LogP contribution < -0.4 is 10.6 Å². The Kier molecular flexibility index (Phi) is 4.41. The zero-order valence-electron chi connectivity index (χ0n) is 15.3. The van der Waals surface area contributed by atoms with E-state index in [1.54, 1.807) is 10.9 Å². The Labute approximate surface area is 162 Å². The van der Waals surface area contributed by atoms with E-state index in [2.05, 4.69) is 51.7 Å². The molecule has 2 heterocycles. The third-order valence-corrected chi connectivity index (χ3v) is 4.71. The van der Waals surface area contributed by atoms with Gasteiger partial charge in [0.1, 0.15) is 5.82 Å². The second-order valence-corrected chi connectivity index (χ2v) is 6.89. The van der Waals surface area contributed by atoms with Crippen LogP contribution in [-0.4, -0.2) is 19.7 Å². The van der Waals surface area contributed by atoms with Gasteiger partial charge in [0.2, 0.25) is 5.95 Å². The molecule has 0 radical (unpaired) electrons. The van der Waals surface area contributed by atoms with Crippen molar-refractivity contribution < 1.29 is 0 Å². The van der Waals surface area contributed by atoms with Crippen molar-refractivity contribution >= 4 is 45.8 Å². The fourth-order valence-corrected chi connectivity index (χ4v) is 2.92. The molecule has 0 aliphatic rings. The van der Waals surface area contributed by atoms with Crippen molar-refractivity contribution in [1.82, 2.24) is 19.7 Å². The summed E-state index contributed by atoms with van der Waals surface area (Å²) in [5.41, 5.74) is 5.03. The second kappa shape index (κ2) is 6.89. The van der Waals surface area contributed by atoms with E-state index in [1.807, 2.05) is 37.4 Å². The first-order valence-corrected chi connectivity index (χ1v) is 8.94. The Morgan fingerprint density at radius 2 is 1.63 bits per heavy atom. The summed E-state index contributed by atoms with van der Waals surface area (Å²) in [7, 11) is 1.86. The molecule has 6 nitrogen and oxygen atoms in total. The highest BCUT2D eigenvalue weighted by atomic mass is 35.5. The van der Waals surface area contributed by atoms with E-state index in [0.29, 0.717) is 16.8 Å². The van der Waals surface area contributed by atoms with E-state index in [4.69, 9.17) is 11.6 Å². The molecule has 0 fully saturated rings. The van der Waals surface area contributed by atoms with Crippen LogP contribution in [0.2, 0.25) is 5.02 Å². The van der Waals surface area contributed by atoms with Crippen LogP contribution in [0.3, 0.4) is 0 Å². The molecule has 7 heteroatoms. The third kappa shape index (κ3) is 3.57. The van der Waals surface area contributed by atoms with Gasteiger partial charge in [-0.1, -0.05) is 17.7 Å². The van der Waals surface area contributed by atoms with Gasteiger partial charge in [0.15, 0.2) is 5.65 Å². The molecule has 27 heavy (non-hydrogen) atoms. The fraction of sp³-hybridized carbons (Fsp3) is 0.150. The van der Waals surface area contributed by atoms with Gasteiger partial charge in [-0.15, -0.1) is 0 Å². The van der Waals surface area contributed by atoms with Crippen molar-refractivity contribution in [3.8, 4) is 0 Å². The first-order chi connectivity index (χ1) is 13.0. The summed E-state index contributed by atoms with van der Waals surface area (Å²) >= 11 is 5.98. The minimum Gasteiger partial charge on any atom is -0.339 e. The maximum Gasteiger partial charge on any atom is 0.231 e. The number of hydrogen-bond donors (Lipinski definition) is 2. The lowest BCUT2D eigenvalue weighted by atomic mass is 10.1. The number of rotatable bonds is 4. The summed E-state index contributed by atoms with van der Waals surface area (Å²) < 4.78 is 1.73. The number of benzene rings is 2. The van der Waals surface area contributed by atoms with Gasteiger partial charge >= 0.3 is 0 Å². The minimum absolute atomic E-state index is 0.505. The molecule has 4 aromatic rings. The largest absolute Gasteiger partial charge is 0.339 e. The fourth-order valence-electron chi connectivity index (χ4n) is 2.79. The third-order valence-electron chi connectivity index (χ3n) is 4.46. The quantitative estimate of drug-likeness (QED) is 0.515. The van der Waals surface area contributed by atoms with Crippen molar-refractivity contribution in [2.75, 3.05) is 10.6 Å². The van der Waals surface area contributed by atoms with Crippen molar-refractivity contribution in [2.45, 2.75) is 13.8 Å². The van der Waals surface area contributed by atoms with E-state index in [9.17, 15) is 0 Å². The number of fused-ring (bicyclic) bond motifs is 1. The molecule has 4 rings (SSSR count). The van der Waals surface area contributed by atoms with Crippen LogP contribution in [0.15, 0.2) is 48.7 Å². The van der Waals surface area contributed by atoms with Crippen LogP contribution in [0, 0.1) is 13.8 Å². The molecule has 0 amide bonds. The number of aromatic nitrogens is 4. The van der Waals surface area contributed by atoms with E-state index >= 15 is 0 Å². The first-order valence-electron chi connectivity index (χ1n) is 8.56. The predicted octanol–water partition coefficient (Wildman–Crippen LogP) is 5.12. The average molecular weight is 379 g/mol. The van der Waals surface area contributed by atoms with Crippen LogP contribution in [-0.2, 0) is 7.05 Å². The maximum absolute atomic E-state index is 5.98. The topological polar surface area (TPSA) is 67.7 Å². The van der Waals surface area contributed by atoms with Crippen molar-refractivity contribution in [2.24, 2.45) is 7.05 Å². The van der Waals surface area contributed by atoms with E-state index in [-0.39, 0.29) is 0 Å². The molecule has 136 valence electrons. The van der Waals surface area contributed by atoms with Gasteiger partial charge < -0.3 is 10.6 Å². The summed E-state index contributed by atoms with van der Waals surface area (Å²) in [5, 5.41) is 12.5. The van der Waals surface area contributed by atoms with Crippen LogP contribution >= 0.6 is 11.6 Å². The lowest BCUT2D eigenvalue weighted by Gasteiger charge is -2.11. The van der Waals surface area contributed by atoms with E-state index in [1.165, 1.54) is 11.1 Å². The van der Waals surface area contributed by atoms with E-state index in [0.717, 1.165) is 22.4 Å². The van der Waals surface area contributed by atoms with Crippen LogP contribution in [0.25, 0.3) is 11.0 Å². The van der Waals surface area contributed by atoms with Crippen LogP contribution in [0.4, 0.5) is 23.1 Å². The number of nitrogens with one attached hydrogen (secondary N) is 2. The molecular formula is C20H19ClN6. The Bertz CT molecular complexity index is 1120. The lowest BCUT2D eigenvalue weighted by Crippen LogP contribution is -2.03. The molecule has 0 aliphatic heterocycles. The smallest absolute Gasteiger partial charge is 0.231 e. The number of nitrogens with zero attached hydrogens (tertiary/aromatic N) is 4. The van der Waals surface area contributed by atoms with Crippen molar-refractivity contribution in [1.29, 1.82) is 0 Å². The minimum atomic E-state index is 0.505. The Morgan fingerprint density at radius 3 is 2.37 bits per heavy atom. The highest BCUT2D eigenvalue weighted by Gasteiger charge is 2.12. The lowest BCUT2D eigenvalue weighted by molar-refractivity contribution is 0.786. The summed E-state index contributed by atoms with van der Waals surface area (Å²) in [5.74, 6) is 1.19. The van der Waals surface area contributed by atoms with Gasteiger partial charge in [-0.3, -0.25) is 4.68 Å². The number of anilines is 4. The average Bonchev–Trinajstić information content (AvgIpc) is 3.02. The van der Waals surface area contributed by atoms with Gasteiger partial charge in [-0.2, -0.15) is 15.1 Å². The molecule has 0 bridgehead atoms. The standard InChI is InChI=1S/C20H19ClN6/c1-12-4-7-16(10-13(12)2)24-20-25-18(17-11-22-27(3)19(17)26-20)23-15-8-5-14(21)6-9-15/h4-11H,1-3H3,(H2,23,24,25,26). The Hall–Kier alpha value is -3.12. The van der Waals surface area contributed by atoms with Gasteiger partial charge in [0, 0.05) is 23.4 Å². The SMILES string of the molecule is Cc1ccc(Nc2nc(Nc3ccc(Cl)cc3)c3cnn(C)c3n2)cc1C. The second-order valence-electron chi connectivity index (χ2n) is 6.46. The zero-order chi connectivity index (χ0) is 19.0. The van der Waals surface area contributed by atoms with Gasteiger partial charge in [-0.05, 0) is 61.4 Å². The van der Waals surface area contributed by atoms with Crippen molar-refractivity contribution in [3.05, 3.63) is 64.8 Å². The molecule has 0 spiro atoms. The summed E-state index contributed by atoms with van der Waals surface area (Å²) in [6.45, 7) is 4.17. The highest BCUT2D eigenvalue weighted by Crippen LogP contribution is 2.27. The molecule has 2 aromatic heterocycles. The number of hydrogen-bond acceptors (Lipinski definition) is 5. The molecule has 0 unspecified atom stereocenters. The Morgan fingerprint density at radius 1 is 0.889 bits per heavy atom. The summed E-state index contributed by atoms with van der Waals surface area (Å²) in [6.07, 6.45) is 1.76. The zero-order valence-corrected chi connectivity index (χ0v) is 16.0. The number of halogens is 1. The van der Waals surface area contributed by atoms with Crippen LogP contribution in [0.5, 0.6) is 0 Å². The predicted molar refractivity (Wildman–Crippen MR) is 110 cm³/mol. The molecule has 0 atom stereocenters. The number of aryl methyl sites for hydroxylation is 3. The molecule has 0 saturated carbocycles. The summed E-state index contributed by atoms with van der Waals surface area (Å²) in [6, 6.07) is 13.7. The highest BCUT2D eigenvalue weighted by molar-refractivity contribution is 6.30. The molecular weight excluding hydrogens is 360 g/mol. The monoisotopic (exact) mass is 378 g/mol. The molecule has 0 saturated heterocycles.